The monoisotopic (exact) mass is 326 g/mol. The highest BCUT2D eigenvalue weighted by atomic mass is 16.3. The van der Waals surface area contributed by atoms with Crippen molar-refractivity contribution >= 4 is 17.5 Å². The fourth-order valence-corrected chi connectivity index (χ4v) is 2.39. The number of hydrogen-bond acceptors (Lipinski definition) is 3. The molecule has 0 aromatic heterocycles. The molecule has 2 amide bonds. The molecular weight excluding hydrogens is 304 g/mol. The van der Waals surface area contributed by atoms with Crippen LogP contribution < -0.4 is 10.6 Å². The van der Waals surface area contributed by atoms with Crippen molar-refractivity contribution in [2.24, 2.45) is 0 Å². The van der Waals surface area contributed by atoms with E-state index in [4.69, 9.17) is 0 Å². The Hall–Kier alpha value is -2.66. The van der Waals surface area contributed by atoms with Crippen LogP contribution in [0.25, 0.3) is 0 Å². The quantitative estimate of drug-likeness (QED) is 0.755. The van der Waals surface area contributed by atoms with E-state index in [9.17, 15) is 14.7 Å². The van der Waals surface area contributed by atoms with E-state index < -0.39 is 17.9 Å². The minimum absolute atomic E-state index is 0.0239. The lowest BCUT2D eigenvalue weighted by Gasteiger charge is -2.14. The molecule has 2 aromatic rings. The number of carbonyl (C=O) groups is 2. The lowest BCUT2D eigenvalue weighted by atomic mass is 10.0. The largest absolute Gasteiger partial charge is 0.387 e. The molecule has 5 nitrogen and oxygen atoms in total. The van der Waals surface area contributed by atoms with Gasteiger partial charge in [-0.05, 0) is 49.1 Å². The standard InChI is InChI=1S/C19H22N2O3/c1-12-8-9-14(3)16(10-12)21-19(24)18(23)20-11-17(22)15-7-5-4-6-13(15)2/h4-10,17,22H,11H2,1-3H3,(H,20,23)(H,21,24). The Morgan fingerprint density at radius 3 is 2.42 bits per heavy atom. The topological polar surface area (TPSA) is 78.4 Å². The average molecular weight is 326 g/mol. The number of anilines is 1. The normalized spacial score (nSPS) is 11.7. The van der Waals surface area contributed by atoms with Gasteiger partial charge in [-0.15, -0.1) is 0 Å². The van der Waals surface area contributed by atoms with Crippen LogP contribution >= 0.6 is 0 Å². The smallest absolute Gasteiger partial charge is 0.313 e. The van der Waals surface area contributed by atoms with Gasteiger partial charge in [-0.1, -0.05) is 36.4 Å². The highest BCUT2D eigenvalue weighted by molar-refractivity contribution is 6.39. The van der Waals surface area contributed by atoms with Gasteiger partial charge in [0.2, 0.25) is 0 Å². The summed E-state index contributed by atoms with van der Waals surface area (Å²) in [5, 5.41) is 15.2. The number of aliphatic hydroxyl groups is 1. The second kappa shape index (κ2) is 7.75. The maximum atomic E-state index is 12.0. The molecule has 1 atom stereocenters. The van der Waals surface area contributed by atoms with Gasteiger partial charge in [-0.25, -0.2) is 0 Å². The Balaban J connectivity index is 1.93. The lowest BCUT2D eigenvalue weighted by Crippen LogP contribution is -2.37. The van der Waals surface area contributed by atoms with Gasteiger partial charge in [-0.2, -0.15) is 0 Å². The zero-order valence-corrected chi connectivity index (χ0v) is 14.1. The lowest BCUT2D eigenvalue weighted by molar-refractivity contribution is -0.136. The van der Waals surface area contributed by atoms with E-state index in [1.807, 2.05) is 57.2 Å². The second-order valence-corrected chi connectivity index (χ2v) is 5.85. The first-order valence-corrected chi connectivity index (χ1v) is 7.78. The Labute approximate surface area is 141 Å². The fourth-order valence-electron chi connectivity index (χ4n) is 2.39. The summed E-state index contributed by atoms with van der Waals surface area (Å²) >= 11 is 0. The van der Waals surface area contributed by atoms with E-state index in [0.29, 0.717) is 5.69 Å². The van der Waals surface area contributed by atoms with Gasteiger partial charge in [-0.3, -0.25) is 9.59 Å². The van der Waals surface area contributed by atoms with Crippen molar-refractivity contribution in [3.05, 3.63) is 64.7 Å². The molecule has 0 heterocycles. The fraction of sp³-hybridized carbons (Fsp3) is 0.263. The van der Waals surface area contributed by atoms with Crippen LogP contribution in [0.1, 0.15) is 28.4 Å². The number of rotatable bonds is 4. The van der Waals surface area contributed by atoms with Crippen LogP contribution in [0, 0.1) is 20.8 Å². The second-order valence-electron chi connectivity index (χ2n) is 5.85. The number of nitrogens with one attached hydrogen (secondary N) is 2. The molecule has 126 valence electrons. The minimum Gasteiger partial charge on any atom is -0.387 e. The molecule has 2 rings (SSSR count). The summed E-state index contributed by atoms with van der Waals surface area (Å²) in [4.78, 5) is 23.9. The number of aryl methyl sites for hydroxylation is 3. The van der Waals surface area contributed by atoms with Crippen molar-refractivity contribution in [1.29, 1.82) is 0 Å². The summed E-state index contributed by atoms with van der Waals surface area (Å²) in [6, 6.07) is 13.0. The van der Waals surface area contributed by atoms with Crippen molar-refractivity contribution in [2.45, 2.75) is 26.9 Å². The first-order valence-electron chi connectivity index (χ1n) is 7.78. The molecule has 0 fully saturated rings. The van der Waals surface area contributed by atoms with Crippen molar-refractivity contribution in [3.63, 3.8) is 0 Å². The third-order valence-corrected chi connectivity index (χ3v) is 3.85. The van der Waals surface area contributed by atoms with Crippen LogP contribution in [-0.4, -0.2) is 23.5 Å². The molecule has 3 N–H and O–H groups in total. The van der Waals surface area contributed by atoms with E-state index in [1.54, 1.807) is 6.07 Å². The van der Waals surface area contributed by atoms with E-state index in [1.165, 1.54) is 0 Å². The Kier molecular flexibility index (Phi) is 5.71. The molecule has 0 aliphatic carbocycles. The molecule has 0 saturated carbocycles. The molecule has 0 spiro atoms. The molecule has 5 heteroatoms. The van der Waals surface area contributed by atoms with Crippen LogP contribution in [0.2, 0.25) is 0 Å². The van der Waals surface area contributed by atoms with Gasteiger partial charge < -0.3 is 15.7 Å². The first-order chi connectivity index (χ1) is 11.4. The Morgan fingerprint density at radius 1 is 1.00 bits per heavy atom. The highest BCUT2D eigenvalue weighted by Crippen LogP contribution is 2.17. The average Bonchev–Trinajstić information content (AvgIpc) is 2.56. The molecular formula is C19H22N2O3. The summed E-state index contributed by atoms with van der Waals surface area (Å²) in [6.07, 6.45) is -0.858. The van der Waals surface area contributed by atoms with Gasteiger partial charge in [0.1, 0.15) is 0 Å². The zero-order chi connectivity index (χ0) is 17.7. The van der Waals surface area contributed by atoms with Gasteiger partial charge in [0.25, 0.3) is 0 Å². The zero-order valence-electron chi connectivity index (χ0n) is 14.1. The number of aliphatic hydroxyl groups excluding tert-OH is 1. The third kappa shape index (κ3) is 4.43. The van der Waals surface area contributed by atoms with Crippen molar-refractivity contribution in [3.8, 4) is 0 Å². The maximum Gasteiger partial charge on any atom is 0.313 e. The molecule has 24 heavy (non-hydrogen) atoms. The minimum atomic E-state index is -0.858. The summed E-state index contributed by atoms with van der Waals surface area (Å²) in [7, 11) is 0. The summed E-state index contributed by atoms with van der Waals surface area (Å²) in [5.41, 5.74) is 4.13. The van der Waals surface area contributed by atoms with Crippen molar-refractivity contribution in [2.75, 3.05) is 11.9 Å². The highest BCUT2D eigenvalue weighted by Gasteiger charge is 2.17. The molecule has 1 unspecified atom stereocenters. The van der Waals surface area contributed by atoms with Crippen molar-refractivity contribution in [1.82, 2.24) is 5.32 Å². The third-order valence-electron chi connectivity index (χ3n) is 3.85. The number of benzene rings is 2. The van der Waals surface area contributed by atoms with Crippen LogP contribution in [0.4, 0.5) is 5.69 Å². The molecule has 0 aliphatic heterocycles. The molecule has 0 bridgehead atoms. The number of hydrogen-bond donors (Lipinski definition) is 3. The van der Waals surface area contributed by atoms with Gasteiger partial charge in [0, 0.05) is 12.2 Å². The predicted octanol–water partition coefficient (Wildman–Crippen LogP) is 2.40. The van der Waals surface area contributed by atoms with Crippen LogP contribution in [-0.2, 0) is 9.59 Å². The van der Waals surface area contributed by atoms with E-state index in [-0.39, 0.29) is 6.54 Å². The molecule has 2 aromatic carbocycles. The SMILES string of the molecule is Cc1ccc(C)c(NC(=O)C(=O)NCC(O)c2ccccc2C)c1. The Morgan fingerprint density at radius 2 is 1.71 bits per heavy atom. The summed E-state index contributed by atoms with van der Waals surface area (Å²) in [6.45, 7) is 5.63. The van der Waals surface area contributed by atoms with Crippen LogP contribution in [0.15, 0.2) is 42.5 Å². The van der Waals surface area contributed by atoms with Crippen molar-refractivity contribution < 1.29 is 14.7 Å². The van der Waals surface area contributed by atoms with Crippen LogP contribution in [0.5, 0.6) is 0 Å². The first kappa shape index (κ1) is 17.7. The van der Waals surface area contributed by atoms with Crippen LogP contribution in [0.3, 0.4) is 0 Å². The van der Waals surface area contributed by atoms with E-state index >= 15 is 0 Å². The summed E-state index contributed by atoms with van der Waals surface area (Å²) < 4.78 is 0. The van der Waals surface area contributed by atoms with Gasteiger partial charge in [0.15, 0.2) is 0 Å². The summed E-state index contributed by atoms with van der Waals surface area (Å²) in [5.74, 6) is -1.52. The Bertz CT molecular complexity index is 756. The van der Waals surface area contributed by atoms with Gasteiger partial charge >= 0.3 is 11.8 Å². The maximum absolute atomic E-state index is 12.0. The molecule has 0 radical (unpaired) electrons. The molecule has 0 aliphatic rings. The van der Waals surface area contributed by atoms with E-state index in [0.717, 1.165) is 22.3 Å². The van der Waals surface area contributed by atoms with E-state index in [2.05, 4.69) is 10.6 Å². The molecule has 0 saturated heterocycles. The van der Waals surface area contributed by atoms with Gasteiger partial charge in [0.05, 0.1) is 6.10 Å². The predicted molar refractivity (Wildman–Crippen MR) is 93.7 cm³/mol. The number of amides is 2. The number of carbonyl (C=O) groups excluding carboxylic acids is 2.